The van der Waals surface area contributed by atoms with Crippen molar-refractivity contribution in [2.45, 2.75) is 6.92 Å². The number of carbonyl (C=O) groups is 1. The minimum absolute atomic E-state index is 0.402. The van der Waals surface area contributed by atoms with E-state index < -0.39 is 13.6 Å². The maximum atomic E-state index is 12.7. The highest BCUT2D eigenvalue weighted by molar-refractivity contribution is 7.56. The molecule has 2 rings (SSSR count). The summed E-state index contributed by atoms with van der Waals surface area (Å²) in [6.45, 7) is 2.19. The topological polar surface area (TPSA) is 67.4 Å². The molecule has 2 aromatic rings. The molecule has 0 bridgehead atoms. The molecule has 5 nitrogen and oxygen atoms in total. The number of benzene rings is 2. The summed E-state index contributed by atoms with van der Waals surface area (Å²) in [6.07, 6.45) is 0. The molecule has 2 aromatic carbocycles. The van der Waals surface area contributed by atoms with E-state index >= 15 is 0 Å². The van der Waals surface area contributed by atoms with E-state index in [2.05, 4.69) is 10.2 Å². The standard InChI is InChI=1S/C15H17N2O3P/c1-2-16-21(19,20-14-11-7-4-8-12-14)17-15(18)13-9-5-3-6-10-13/h3-12H,2H2,1H3,(H2,16,17,18,19). The molecule has 1 unspecified atom stereocenters. The zero-order chi connectivity index (χ0) is 15.1. The van der Waals surface area contributed by atoms with Crippen molar-refractivity contribution < 1.29 is 13.9 Å². The van der Waals surface area contributed by atoms with Gasteiger partial charge in [-0.25, -0.2) is 9.65 Å². The SMILES string of the molecule is CCNP(=O)(NC(=O)c1ccccc1)Oc1ccccc1. The fourth-order valence-corrected chi connectivity index (χ4v) is 3.14. The van der Waals surface area contributed by atoms with Gasteiger partial charge in [0.05, 0.1) is 0 Å². The first-order chi connectivity index (χ1) is 10.1. The molecule has 0 aliphatic heterocycles. The second-order valence-electron chi connectivity index (χ2n) is 4.27. The van der Waals surface area contributed by atoms with Crippen LogP contribution >= 0.6 is 7.67 Å². The van der Waals surface area contributed by atoms with Crippen molar-refractivity contribution >= 4 is 13.6 Å². The van der Waals surface area contributed by atoms with E-state index in [1.807, 2.05) is 6.07 Å². The van der Waals surface area contributed by atoms with Gasteiger partial charge in [-0.3, -0.25) is 9.88 Å². The van der Waals surface area contributed by atoms with Gasteiger partial charge in [0.1, 0.15) is 5.75 Å². The molecule has 0 saturated heterocycles. The van der Waals surface area contributed by atoms with Gasteiger partial charge in [-0.05, 0) is 24.3 Å². The fraction of sp³-hybridized carbons (Fsp3) is 0.133. The highest BCUT2D eigenvalue weighted by atomic mass is 31.2. The molecule has 0 spiro atoms. The highest BCUT2D eigenvalue weighted by Gasteiger charge is 2.27. The molecule has 1 atom stereocenters. The molecule has 0 fully saturated rings. The molecule has 0 aliphatic rings. The van der Waals surface area contributed by atoms with Gasteiger partial charge in [0, 0.05) is 12.1 Å². The average Bonchev–Trinajstić information content (AvgIpc) is 2.49. The lowest BCUT2D eigenvalue weighted by Gasteiger charge is -2.20. The lowest BCUT2D eigenvalue weighted by molar-refractivity contribution is 0.0977. The van der Waals surface area contributed by atoms with E-state index in [1.165, 1.54) is 0 Å². The fourth-order valence-electron chi connectivity index (χ4n) is 1.72. The number of rotatable bonds is 6. The third kappa shape index (κ3) is 4.45. The molecule has 21 heavy (non-hydrogen) atoms. The number of amides is 1. The maximum Gasteiger partial charge on any atom is 0.419 e. The Bertz CT molecular complexity index is 632. The quantitative estimate of drug-likeness (QED) is 0.804. The van der Waals surface area contributed by atoms with Gasteiger partial charge in [0.15, 0.2) is 0 Å². The first-order valence-corrected chi connectivity index (χ1v) is 8.23. The van der Waals surface area contributed by atoms with Crippen LogP contribution in [0.3, 0.4) is 0 Å². The Balaban J connectivity index is 2.14. The summed E-state index contributed by atoms with van der Waals surface area (Å²) in [5.74, 6) is -0.0223. The second kappa shape index (κ2) is 7.07. The summed E-state index contributed by atoms with van der Waals surface area (Å²) in [5.41, 5.74) is 0.423. The van der Waals surface area contributed by atoms with Crippen LogP contribution in [-0.2, 0) is 4.57 Å². The average molecular weight is 304 g/mol. The summed E-state index contributed by atoms with van der Waals surface area (Å²) in [5, 5.41) is 5.15. The third-order valence-corrected chi connectivity index (χ3v) is 4.33. The van der Waals surface area contributed by atoms with Crippen LogP contribution in [0.5, 0.6) is 5.75 Å². The first-order valence-electron chi connectivity index (χ1n) is 6.60. The first kappa shape index (κ1) is 15.3. The molecular weight excluding hydrogens is 287 g/mol. The van der Waals surface area contributed by atoms with E-state index in [1.54, 1.807) is 61.5 Å². The highest BCUT2D eigenvalue weighted by Crippen LogP contribution is 2.38. The van der Waals surface area contributed by atoms with Gasteiger partial charge in [0.2, 0.25) is 0 Å². The van der Waals surface area contributed by atoms with Gasteiger partial charge >= 0.3 is 7.67 Å². The second-order valence-corrected chi connectivity index (χ2v) is 6.10. The molecular formula is C15H17N2O3P. The van der Waals surface area contributed by atoms with Crippen LogP contribution in [0.4, 0.5) is 0 Å². The maximum absolute atomic E-state index is 12.7. The summed E-state index contributed by atoms with van der Waals surface area (Å²) >= 11 is 0. The summed E-state index contributed by atoms with van der Waals surface area (Å²) in [6, 6.07) is 17.3. The van der Waals surface area contributed by atoms with Gasteiger partial charge in [-0.2, -0.15) is 0 Å². The molecule has 0 aliphatic carbocycles. The van der Waals surface area contributed by atoms with Crippen molar-refractivity contribution in [1.82, 2.24) is 10.2 Å². The summed E-state index contributed by atoms with van der Waals surface area (Å²) < 4.78 is 18.1. The molecule has 0 saturated carbocycles. The monoisotopic (exact) mass is 304 g/mol. The van der Waals surface area contributed by atoms with Crippen LogP contribution in [0.15, 0.2) is 60.7 Å². The molecule has 6 heteroatoms. The van der Waals surface area contributed by atoms with Crippen LogP contribution in [0.2, 0.25) is 0 Å². The Morgan fingerprint density at radius 1 is 1.05 bits per heavy atom. The largest absolute Gasteiger partial charge is 0.419 e. The zero-order valence-electron chi connectivity index (χ0n) is 11.7. The Labute approximate surface area is 123 Å². The third-order valence-electron chi connectivity index (χ3n) is 2.63. The Morgan fingerprint density at radius 3 is 2.19 bits per heavy atom. The summed E-state index contributed by atoms with van der Waals surface area (Å²) in [4.78, 5) is 12.1. The number of hydrogen-bond donors (Lipinski definition) is 2. The normalized spacial score (nSPS) is 13.2. The molecule has 0 heterocycles. The van der Waals surface area contributed by atoms with Crippen LogP contribution in [0, 0.1) is 0 Å². The van der Waals surface area contributed by atoms with Crippen molar-refractivity contribution in [2.24, 2.45) is 0 Å². The molecule has 0 aromatic heterocycles. The Kier molecular flexibility index (Phi) is 5.14. The van der Waals surface area contributed by atoms with Crippen molar-refractivity contribution in [3.05, 3.63) is 66.2 Å². The van der Waals surface area contributed by atoms with Crippen LogP contribution < -0.4 is 14.7 Å². The zero-order valence-corrected chi connectivity index (χ0v) is 12.5. The summed E-state index contributed by atoms with van der Waals surface area (Å²) in [7, 11) is -3.51. The van der Waals surface area contributed by atoms with Gasteiger partial charge in [-0.1, -0.05) is 43.3 Å². The number of nitrogens with one attached hydrogen (secondary N) is 2. The number of hydrogen-bond acceptors (Lipinski definition) is 3. The van der Waals surface area contributed by atoms with Crippen molar-refractivity contribution in [3.8, 4) is 5.75 Å². The van der Waals surface area contributed by atoms with Gasteiger partial charge in [0.25, 0.3) is 5.91 Å². The molecule has 1 amide bonds. The van der Waals surface area contributed by atoms with Gasteiger partial charge < -0.3 is 4.52 Å². The van der Waals surface area contributed by atoms with Crippen molar-refractivity contribution in [1.29, 1.82) is 0 Å². The van der Waals surface area contributed by atoms with E-state index in [0.29, 0.717) is 17.9 Å². The molecule has 2 N–H and O–H groups in total. The predicted octanol–water partition coefficient (Wildman–Crippen LogP) is 3.21. The van der Waals surface area contributed by atoms with Crippen LogP contribution in [0.25, 0.3) is 0 Å². The van der Waals surface area contributed by atoms with Crippen molar-refractivity contribution in [3.63, 3.8) is 0 Å². The lowest BCUT2D eigenvalue weighted by Crippen LogP contribution is -2.30. The molecule has 110 valence electrons. The van der Waals surface area contributed by atoms with E-state index in [-0.39, 0.29) is 0 Å². The number of carbonyl (C=O) groups excluding carboxylic acids is 1. The Morgan fingerprint density at radius 2 is 1.62 bits per heavy atom. The predicted molar refractivity (Wildman–Crippen MR) is 82.3 cm³/mol. The van der Waals surface area contributed by atoms with Crippen molar-refractivity contribution in [2.75, 3.05) is 6.54 Å². The van der Waals surface area contributed by atoms with E-state index in [4.69, 9.17) is 4.52 Å². The Hall–Kier alpha value is -2.10. The van der Waals surface area contributed by atoms with Gasteiger partial charge in [-0.15, -0.1) is 0 Å². The molecule has 0 radical (unpaired) electrons. The van der Waals surface area contributed by atoms with E-state index in [0.717, 1.165) is 0 Å². The van der Waals surface area contributed by atoms with Crippen LogP contribution in [-0.4, -0.2) is 12.5 Å². The lowest BCUT2D eigenvalue weighted by atomic mass is 10.2. The minimum atomic E-state index is -3.51. The van der Waals surface area contributed by atoms with E-state index in [9.17, 15) is 9.36 Å². The number of para-hydroxylation sites is 1. The van der Waals surface area contributed by atoms with Crippen LogP contribution in [0.1, 0.15) is 17.3 Å². The minimum Gasteiger partial charge on any atom is -0.418 e. The smallest absolute Gasteiger partial charge is 0.418 e.